The minimum absolute atomic E-state index is 0.150. The van der Waals surface area contributed by atoms with Crippen molar-refractivity contribution in [1.82, 2.24) is 10.3 Å². The molecular weight excluding hydrogens is 429 g/mol. The summed E-state index contributed by atoms with van der Waals surface area (Å²) in [4.78, 5) is 4.77. The van der Waals surface area contributed by atoms with Gasteiger partial charge in [0.1, 0.15) is 11.6 Å². The lowest BCUT2D eigenvalue weighted by Crippen LogP contribution is -2.31. The molecule has 176 valence electrons. The molecule has 8 heteroatoms. The van der Waals surface area contributed by atoms with Gasteiger partial charge in [-0.05, 0) is 57.2 Å². The zero-order chi connectivity index (χ0) is 23.4. The molecule has 0 atom stereocenters. The van der Waals surface area contributed by atoms with Crippen molar-refractivity contribution in [2.75, 3.05) is 17.6 Å². The molecule has 1 saturated carbocycles. The number of fused-ring (bicyclic) bond motifs is 1. The van der Waals surface area contributed by atoms with Crippen molar-refractivity contribution >= 4 is 22.4 Å². The fourth-order valence-corrected chi connectivity index (χ4v) is 4.46. The highest BCUT2D eigenvalue weighted by atomic mass is 19.4. The van der Waals surface area contributed by atoms with Crippen LogP contribution in [0.1, 0.15) is 36.8 Å². The number of nitrogens with two attached hydrogens (primary N) is 1. The number of hydrogen-bond donors (Lipinski definition) is 3. The van der Waals surface area contributed by atoms with Crippen LogP contribution < -0.4 is 21.1 Å². The Labute approximate surface area is 191 Å². The van der Waals surface area contributed by atoms with Gasteiger partial charge in [0, 0.05) is 34.8 Å². The fraction of sp³-hybridized carbons (Fsp3) is 0.400. The molecule has 0 aliphatic heterocycles. The van der Waals surface area contributed by atoms with Crippen molar-refractivity contribution < 1.29 is 17.9 Å². The van der Waals surface area contributed by atoms with Crippen molar-refractivity contribution in [3.8, 4) is 5.75 Å². The third kappa shape index (κ3) is 5.87. The monoisotopic (exact) mass is 458 g/mol. The van der Waals surface area contributed by atoms with Crippen LogP contribution in [0.25, 0.3) is 10.9 Å². The molecule has 5 nitrogen and oxygen atoms in total. The number of alkyl halides is 3. The van der Waals surface area contributed by atoms with Gasteiger partial charge in [0.25, 0.3) is 0 Å². The van der Waals surface area contributed by atoms with Gasteiger partial charge in [-0.3, -0.25) is 0 Å². The van der Waals surface area contributed by atoms with Gasteiger partial charge in [-0.15, -0.1) is 13.2 Å². The minimum atomic E-state index is -4.69. The summed E-state index contributed by atoms with van der Waals surface area (Å²) in [5.41, 5.74) is 9.45. The number of pyridine rings is 1. The first-order valence-electron chi connectivity index (χ1n) is 11.3. The molecule has 0 spiro atoms. The summed E-state index contributed by atoms with van der Waals surface area (Å²) < 4.78 is 41.9. The van der Waals surface area contributed by atoms with E-state index in [1.807, 2.05) is 31.2 Å². The number of ether oxygens (including phenoxy) is 1. The van der Waals surface area contributed by atoms with E-state index in [0.29, 0.717) is 24.1 Å². The Balaban J connectivity index is 1.28. The lowest BCUT2D eigenvalue weighted by Gasteiger charge is -2.30. The predicted molar refractivity (Wildman–Crippen MR) is 125 cm³/mol. The van der Waals surface area contributed by atoms with Crippen LogP contribution in [0.4, 0.5) is 24.7 Å². The van der Waals surface area contributed by atoms with E-state index in [1.165, 1.54) is 6.07 Å². The molecular formula is C25H29F3N4O. The number of hydrogen-bond acceptors (Lipinski definition) is 5. The number of anilines is 2. The molecule has 1 aliphatic rings. The number of nitrogen functional groups attached to an aromatic ring is 1. The van der Waals surface area contributed by atoms with Crippen molar-refractivity contribution in [2.24, 2.45) is 5.92 Å². The molecule has 4 N–H and O–H groups in total. The third-order valence-electron chi connectivity index (χ3n) is 6.32. The van der Waals surface area contributed by atoms with Crippen LogP contribution in [-0.4, -0.2) is 23.9 Å². The zero-order valence-corrected chi connectivity index (χ0v) is 18.6. The maximum atomic E-state index is 12.6. The first-order chi connectivity index (χ1) is 15.8. The van der Waals surface area contributed by atoms with Crippen molar-refractivity contribution in [2.45, 2.75) is 51.6 Å². The summed E-state index contributed by atoms with van der Waals surface area (Å²) in [6.07, 6.45) is -0.604. The molecule has 1 aliphatic carbocycles. The lowest BCUT2D eigenvalue weighted by atomic mass is 9.86. The van der Waals surface area contributed by atoms with Crippen LogP contribution in [0.15, 0.2) is 48.5 Å². The van der Waals surface area contributed by atoms with Gasteiger partial charge >= 0.3 is 6.36 Å². The van der Waals surface area contributed by atoms with E-state index < -0.39 is 6.36 Å². The average molecular weight is 459 g/mol. The number of benzene rings is 2. The van der Waals surface area contributed by atoms with Gasteiger partial charge in [0.05, 0.1) is 5.52 Å². The maximum absolute atomic E-state index is 12.6. The summed E-state index contributed by atoms with van der Waals surface area (Å²) in [6, 6.07) is 14.5. The predicted octanol–water partition coefficient (Wildman–Crippen LogP) is 5.78. The molecule has 0 radical (unpaired) electrons. The Kier molecular flexibility index (Phi) is 6.93. The highest BCUT2D eigenvalue weighted by Gasteiger charge is 2.32. The standard InChI is InChI=1S/C25H29F3N4O/c1-16-23(29)20-7-3-4-8-21(20)32-24(16)31-19-12-10-17(11-13-19)14-30-15-18-6-2-5-9-22(18)33-25(26,27)28/h2-9,17,19,30H,10-15H2,1H3,(H3,29,31,32)/t17-,19+. The highest BCUT2D eigenvalue weighted by molar-refractivity contribution is 5.94. The van der Waals surface area contributed by atoms with Crippen LogP contribution in [0.2, 0.25) is 0 Å². The normalized spacial score (nSPS) is 18.9. The summed E-state index contributed by atoms with van der Waals surface area (Å²) in [7, 11) is 0. The topological polar surface area (TPSA) is 72.2 Å². The molecule has 0 saturated heterocycles. The van der Waals surface area contributed by atoms with Crippen molar-refractivity contribution in [1.29, 1.82) is 0 Å². The Morgan fingerprint density at radius 3 is 2.48 bits per heavy atom. The summed E-state index contributed by atoms with van der Waals surface area (Å²) in [5.74, 6) is 1.17. The van der Waals surface area contributed by atoms with Crippen molar-refractivity contribution in [3.63, 3.8) is 0 Å². The van der Waals surface area contributed by atoms with E-state index in [9.17, 15) is 13.2 Å². The SMILES string of the molecule is Cc1c(N[C@H]2CC[C@@H](CNCc3ccccc3OC(F)(F)F)CC2)nc2ccccc2c1N. The van der Waals surface area contributed by atoms with Gasteiger partial charge < -0.3 is 21.1 Å². The maximum Gasteiger partial charge on any atom is 0.573 e. The molecule has 4 rings (SSSR count). The second-order valence-electron chi connectivity index (χ2n) is 8.66. The van der Waals surface area contributed by atoms with Crippen molar-refractivity contribution in [3.05, 3.63) is 59.7 Å². The summed E-state index contributed by atoms with van der Waals surface area (Å²) in [5, 5.41) is 7.85. The molecule has 0 unspecified atom stereocenters. The van der Waals surface area contributed by atoms with Gasteiger partial charge in [0.15, 0.2) is 0 Å². The molecule has 3 aromatic rings. The largest absolute Gasteiger partial charge is 0.573 e. The molecule has 33 heavy (non-hydrogen) atoms. The Morgan fingerprint density at radius 2 is 1.73 bits per heavy atom. The minimum Gasteiger partial charge on any atom is -0.405 e. The van der Waals surface area contributed by atoms with E-state index in [4.69, 9.17) is 10.7 Å². The molecule has 1 aromatic heterocycles. The molecule has 1 heterocycles. The fourth-order valence-electron chi connectivity index (χ4n) is 4.46. The Hall–Kier alpha value is -3.00. The highest BCUT2D eigenvalue weighted by Crippen LogP contribution is 2.31. The molecule has 2 aromatic carbocycles. The number of rotatable bonds is 7. The van der Waals surface area contributed by atoms with Gasteiger partial charge in [-0.2, -0.15) is 0 Å². The quantitative estimate of drug-likeness (QED) is 0.418. The Bertz CT molecular complexity index is 1090. The first-order valence-corrected chi connectivity index (χ1v) is 11.3. The molecule has 0 amide bonds. The number of nitrogens with one attached hydrogen (secondary N) is 2. The van der Waals surface area contributed by atoms with Gasteiger partial charge in [-0.1, -0.05) is 36.4 Å². The van der Waals surface area contributed by atoms with E-state index >= 15 is 0 Å². The number of halogens is 3. The summed E-state index contributed by atoms with van der Waals surface area (Å²) >= 11 is 0. The van der Waals surface area contributed by atoms with Crippen LogP contribution in [0.5, 0.6) is 5.75 Å². The van der Waals surface area contributed by atoms with Crippen LogP contribution in [0.3, 0.4) is 0 Å². The second-order valence-corrected chi connectivity index (χ2v) is 8.66. The lowest BCUT2D eigenvalue weighted by molar-refractivity contribution is -0.274. The van der Waals surface area contributed by atoms with Crippen LogP contribution >= 0.6 is 0 Å². The van der Waals surface area contributed by atoms with E-state index in [0.717, 1.165) is 60.2 Å². The number of aromatic nitrogens is 1. The van der Waals surface area contributed by atoms with E-state index in [-0.39, 0.29) is 5.75 Å². The summed E-state index contributed by atoms with van der Waals surface area (Å²) in [6.45, 7) is 3.09. The third-order valence-corrected chi connectivity index (χ3v) is 6.32. The zero-order valence-electron chi connectivity index (χ0n) is 18.6. The second kappa shape index (κ2) is 9.87. The van der Waals surface area contributed by atoms with Gasteiger partial charge in [-0.25, -0.2) is 4.98 Å². The number of para-hydroxylation sites is 2. The first kappa shape index (κ1) is 23.2. The molecule has 0 bridgehead atoms. The van der Waals surface area contributed by atoms with E-state index in [1.54, 1.807) is 18.2 Å². The average Bonchev–Trinajstić information content (AvgIpc) is 2.78. The van der Waals surface area contributed by atoms with E-state index in [2.05, 4.69) is 15.4 Å². The van der Waals surface area contributed by atoms with Gasteiger partial charge in [0.2, 0.25) is 0 Å². The Morgan fingerprint density at radius 1 is 1.03 bits per heavy atom. The smallest absolute Gasteiger partial charge is 0.405 e. The number of nitrogens with zero attached hydrogens (tertiary/aromatic N) is 1. The van der Waals surface area contributed by atoms with Crippen LogP contribution in [0, 0.1) is 12.8 Å². The molecule has 1 fully saturated rings. The van der Waals surface area contributed by atoms with Crippen LogP contribution in [-0.2, 0) is 6.54 Å².